The molecule has 0 atom stereocenters. The Bertz CT molecular complexity index is 795. The van der Waals surface area contributed by atoms with Crippen LogP contribution < -0.4 is 5.32 Å². The third-order valence-electron chi connectivity index (χ3n) is 5.86. The molecule has 3 nitrogen and oxygen atoms in total. The lowest BCUT2D eigenvalue weighted by atomic mass is 9.95. The highest BCUT2D eigenvalue weighted by Crippen LogP contribution is 2.37. The summed E-state index contributed by atoms with van der Waals surface area (Å²) in [5, 5.41) is 15.7. The van der Waals surface area contributed by atoms with Crippen LogP contribution in [-0.2, 0) is 6.42 Å². The molecule has 2 aliphatic rings. The van der Waals surface area contributed by atoms with Crippen LogP contribution in [0.4, 0.5) is 5.69 Å². The van der Waals surface area contributed by atoms with Gasteiger partial charge >= 0.3 is 0 Å². The maximum absolute atomic E-state index is 9.76. The first-order chi connectivity index (χ1) is 12.8. The first-order valence-corrected chi connectivity index (χ1v) is 10.3. The predicted octanol–water partition coefficient (Wildman–Crippen LogP) is 4.95. The first kappa shape index (κ1) is 17.4. The molecule has 1 heterocycles. The van der Waals surface area contributed by atoms with Crippen molar-refractivity contribution in [1.29, 1.82) is 5.26 Å². The molecule has 1 saturated carbocycles. The van der Waals surface area contributed by atoms with Crippen molar-refractivity contribution >= 4 is 16.5 Å². The van der Waals surface area contributed by atoms with Gasteiger partial charge in [0.25, 0.3) is 0 Å². The normalized spacial score (nSPS) is 18.0. The molecule has 136 valence electrons. The van der Waals surface area contributed by atoms with E-state index < -0.39 is 0 Å². The van der Waals surface area contributed by atoms with E-state index in [4.69, 9.17) is 0 Å². The number of hydrogen-bond acceptors (Lipinski definition) is 3. The highest BCUT2D eigenvalue weighted by Gasteiger charge is 2.23. The SMILES string of the molecule is N#Cc1c(NCCCN2CCCCC2)cc(CC2CC2)c2ccccc12. The number of nitriles is 1. The molecule has 0 amide bonds. The quantitative estimate of drug-likeness (QED) is 0.720. The fraction of sp³-hybridized carbons (Fsp3) is 0.522. The molecule has 1 aliphatic carbocycles. The Morgan fingerprint density at radius 2 is 1.85 bits per heavy atom. The lowest BCUT2D eigenvalue weighted by molar-refractivity contribution is 0.228. The van der Waals surface area contributed by atoms with Gasteiger partial charge in [-0.25, -0.2) is 0 Å². The first-order valence-electron chi connectivity index (χ1n) is 10.3. The Morgan fingerprint density at radius 1 is 1.08 bits per heavy atom. The van der Waals surface area contributed by atoms with E-state index in [0.29, 0.717) is 0 Å². The molecule has 4 rings (SSSR count). The van der Waals surface area contributed by atoms with Gasteiger partial charge < -0.3 is 10.2 Å². The molecule has 0 spiro atoms. The van der Waals surface area contributed by atoms with E-state index in [1.807, 2.05) is 6.07 Å². The number of fused-ring (bicyclic) bond motifs is 1. The number of nitrogens with zero attached hydrogens (tertiary/aromatic N) is 2. The molecule has 1 aliphatic heterocycles. The monoisotopic (exact) mass is 347 g/mol. The standard InChI is InChI=1S/C23H29N3/c24-17-22-21-8-3-2-7-20(21)19(15-18-9-10-18)16-23(22)25-11-6-14-26-12-4-1-5-13-26/h2-3,7-8,16,18,25H,1,4-6,9-15H2. The minimum Gasteiger partial charge on any atom is -0.384 e. The van der Waals surface area contributed by atoms with Gasteiger partial charge in [-0.1, -0.05) is 30.7 Å². The third-order valence-corrected chi connectivity index (χ3v) is 5.86. The van der Waals surface area contributed by atoms with Gasteiger partial charge in [-0.2, -0.15) is 5.26 Å². The Labute approximate surface area is 157 Å². The number of hydrogen-bond donors (Lipinski definition) is 1. The summed E-state index contributed by atoms with van der Waals surface area (Å²) in [6.45, 7) is 4.61. The van der Waals surface area contributed by atoms with E-state index in [2.05, 4.69) is 40.6 Å². The zero-order valence-electron chi connectivity index (χ0n) is 15.6. The number of rotatable bonds is 7. The van der Waals surface area contributed by atoms with Crippen LogP contribution in [0.15, 0.2) is 30.3 Å². The van der Waals surface area contributed by atoms with Crippen LogP contribution in [0.25, 0.3) is 10.8 Å². The maximum atomic E-state index is 9.76. The Hall–Kier alpha value is -2.05. The highest BCUT2D eigenvalue weighted by atomic mass is 15.1. The molecule has 0 aromatic heterocycles. The topological polar surface area (TPSA) is 39.1 Å². The van der Waals surface area contributed by atoms with Crippen molar-refractivity contribution in [3.8, 4) is 6.07 Å². The van der Waals surface area contributed by atoms with Gasteiger partial charge in [-0.15, -0.1) is 0 Å². The number of benzene rings is 2. The average molecular weight is 348 g/mol. The summed E-state index contributed by atoms with van der Waals surface area (Å²) >= 11 is 0. The van der Waals surface area contributed by atoms with Gasteiger partial charge in [-0.3, -0.25) is 0 Å². The van der Waals surface area contributed by atoms with Crippen LogP contribution in [0.2, 0.25) is 0 Å². The molecule has 1 N–H and O–H groups in total. The minimum atomic E-state index is 0.804. The van der Waals surface area contributed by atoms with Crippen molar-refractivity contribution in [3.05, 3.63) is 41.5 Å². The van der Waals surface area contributed by atoms with E-state index in [0.717, 1.165) is 48.5 Å². The molecule has 0 radical (unpaired) electrons. The second-order valence-corrected chi connectivity index (χ2v) is 7.95. The Balaban J connectivity index is 1.48. The van der Waals surface area contributed by atoms with Gasteiger partial charge in [0.05, 0.1) is 11.3 Å². The predicted molar refractivity (Wildman–Crippen MR) is 108 cm³/mol. The van der Waals surface area contributed by atoms with E-state index in [9.17, 15) is 5.26 Å². The zero-order valence-corrected chi connectivity index (χ0v) is 15.6. The van der Waals surface area contributed by atoms with Crippen LogP contribution in [0.5, 0.6) is 0 Å². The summed E-state index contributed by atoms with van der Waals surface area (Å²) in [4.78, 5) is 2.58. The largest absolute Gasteiger partial charge is 0.384 e. The molecule has 0 unspecified atom stereocenters. The van der Waals surface area contributed by atoms with E-state index in [-0.39, 0.29) is 0 Å². The molecule has 2 fully saturated rings. The van der Waals surface area contributed by atoms with Crippen molar-refractivity contribution in [3.63, 3.8) is 0 Å². The lowest BCUT2D eigenvalue weighted by Gasteiger charge is -2.26. The molecule has 3 heteroatoms. The summed E-state index contributed by atoms with van der Waals surface area (Å²) in [6, 6.07) is 13.1. The summed E-state index contributed by atoms with van der Waals surface area (Å²) in [5.74, 6) is 0.846. The summed E-state index contributed by atoms with van der Waals surface area (Å²) in [6.07, 6.45) is 9.08. The minimum absolute atomic E-state index is 0.804. The maximum Gasteiger partial charge on any atom is 0.102 e. The van der Waals surface area contributed by atoms with Crippen molar-refractivity contribution in [2.24, 2.45) is 5.92 Å². The molecule has 2 aromatic rings. The van der Waals surface area contributed by atoms with Gasteiger partial charge in [0.15, 0.2) is 0 Å². The van der Waals surface area contributed by atoms with Crippen LogP contribution >= 0.6 is 0 Å². The summed E-state index contributed by atoms with van der Waals surface area (Å²) in [7, 11) is 0. The number of anilines is 1. The summed E-state index contributed by atoms with van der Waals surface area (Å²) < 4.78 is 0. The van der Waals surface area contributed by atoms with Gasteiger partial charge in [0.1, 0.15) is 6.07 Å². The fourth-order valence-corrected chi connectivity index (χ4v) is 4.22. The second kappa shape index (κ2) is 8.10. The van der Waals surface area contributed by atoms with Crippen LogP contribution in [0, 0.1) is 17.2 Å². The number of nitrogens with one attached hydrogen (secondary N) is 1. The Kier molecular flexibility index (Phi) is 5.41. The van der Waals surface area contributed by atoms with Crippen molar-refractivity contribution in [2.45, 2.75) is 44.9 Å². The van der Waals surface area contributed by atoms with E-state index in [1.54, 1.807) is 0 Å². The zero-order chi connectivity index (χ0) is 17.8. The second-order valence-electron chi connectivity index (χ2n) is 7.95. The molecule has 0 bridgehead atoms. The van der Waals surface area contributed by atoms with E-state index >= 15 is 0 Å². The van der Waals surface area contributed by atoms with Crippen molar-refractivity contribution in [2.75, 3.05) is 31.5 Å². The van der Waals surface area contributed by atoms with Gasteiger partial charge in [0.2, 0.25) is 0 Å². The van der Waals surface area contributed by atoms with Crippen LogP contribution in [0.1, 0.15) is 49.7 Å². The average Bonchev–Trinajstić information content (AvgIpc) is 3.50. The lowest BCUT2D eigenvalue weighted by Crippen LogP contribution is -2.31. The smallest absolute Gasteiger partial charge is 0.102 e. The number of piperidine rings is 1. The van der Waals surface area contributed by atoms with Crippen molar-refractivity contribution < 1.29 is 0 Å². The summed E-state index contributed by atoms with van der Waals surface area (Å²) in [5.41, 5.74) is 3.24. The third kappa shape index (κ3) is 4.02. The van der Waals surface area contributed by atoms with E-state index in [1.165, 1.54) is 56.1 Å². The van der Waals surface area contributed by atoms with Gasteiger partial charge in [-0.05, 0) is 81.1 Å². The van der Waals surface area contributed by atoms with Gasteiger partial charge in [0, 0.05) is 11.9 Å². The highest BCUT2D eigenvalue weighted by molar-refractivity contribution is 5.95. The number of likely N-dealkylation sites (tertiary alicyclic amines) is 1. The molecular weight excluding hydrogens is 318 g/mol. The Morgan fingerprint density at radius 3 is 2.58 bits per heavy atom. The fourth-order valence-electron chi connectivity index (χ4n) is 4.22. The molecular formula is C23H29N3. The van der Waals surface area contributed by atoms with Crippen LogP contribution in [-0.4, -0.2) is 31.1 Å². The molecule has 2 aromatic carbocycles. The van der Waals surface area contributed by atoms with Crippen molar-refractivity contribution in [1.82, 2.24) is 4.90 Å². The molecule has 1 saturated heterocycles. The molecule has 26 heavy (non-hydrogen) atoms. The van der Waals surface area contributed by atoms with Crippen LogP contribution in [0.3, 0.4) is 0 Å².